The smallest absolute Gasteiger partial charge is 0.283 e. The molecule has 0 aliphatic rings. The summed E-state index contributed by atoms with van der Waals surface area (Å²) in [7, 11) is 1.79. The molecule has 0 saturated heterocycles. The third-order valence-electron chi connectivity index (χ3n) is 2.66. The van der Waals surface area contributed by atoms with Crippen LogP contribution in [0, 0.1) is 6.92 Å². The zero-order chi connectivity index (χ0) is 12.4. The minimum absolute atomic E-state index is 0.236. The van der Waals surface area contributed by atoms with Crippen LogP contribution in [-0.2, 0) is 7.05 Å². The number of para-hydroxylation sites is 1. The molecule has 0 fully saturated rings. The Kier molecular flexibility index (Phi) is 3.10. The lowest BCUT2D eigenvalue weighted by atomic mass is 10.3. The van der Waals surface area contributed by atoms with Crippen LogP contribution in [0.15, 0.2) is 44.9 Å². The summed E-state index contributed by atoms with van der Waals surface area (Å²) in [5.74, 6) is 0. The van der Waals surface area contributed by atoms with Gasteiger partial charge in [-0.1, -0.05) is 22.8 Å². The lowest BCUT2D eigenvalue weighted by molar-refractivity contribution is 0.630. The second-order valence-electron chi connectivity index (χ2n) is 3.59. The highest BCUT2D eigenvalue weighted by Gasteiger charge is 2.15. The van der Waals surface area contributed by atoms with E-state index in [2.05, 4.69) is 9.75 Å². The number of hydrogen-bond acceptors (Lipinski definition) is 3. The summed E-state index contributed by atoms with van der Waals surface area (Å²) in [5.41, 5.74) is 1.51. The molecule has 0 unspecified atom stereocenters. The number of hydrogen-bond donors (Lipinski definition) is 0. The second kappa shape index (κ2) is 4.55. The fourth-order valence-corrected chi connectivity index (χ4v) is 1.78. The Bertz CT molecular complexity index is 612. The third kappa shape index (κ3) is 1.89. The van der Waals surface area contributed by atoms with Gasteiger partial charge in [-0.25, -0.2) is 4.68 Å². The summed E-state index contributed by atoms with van der Waals surface area (Å²) < 4.78 is 6.39. The number of aromatic nitrogens is 2. The topological polar surface area (TPSA) is 51.6 Å². The SMILES string of the molecule is Cc1c(/N=N/Cl)c(=O)n(-c2ccccc2)n1C. The van der Waals surface area contributed by atoms with Crippen molar-refractivity contribution in [2.24, 2.45) is 16.8 Å². The van der Waals surface area contributed by atoms with E-state index in [1.54, 1.807) is 18.7 Å². The van der Waals surface area contributed by atoms with Gasteiger partial charge in [-0.2, -0.15) is 0 Å². The van der Waals surface area contributed by atoms with E-state index >= 15 is 0 Å². The fraction of sp³-hybridized carbons (Fsp3) is 0.182. The van der Waals surface area contributed by atoms with E-state index in [9.17, 15) is 4.79 Å². The van der Waals surface area contributed by atoms with Gasteiger partial charge in [0.05, 0.1) is 23.2 Å². The summed E-state index contributed by atoms with van der Waals surface area (Å²) in [5, 5.41) is 3.65. The standard InChI is InChI=1S/C11H11ClN4O/c1-8-10(13-14-12)11(17)16(15(8)2)9-6-4-3-5-7-9/h3-7H,1-2H3/b14-13+. The first-order valence-corrected chi connectivity index (χ1v) is 5.36. The van der Waals surface area contributed by atoms with E-state index < -0.39 is 0 Å². The van der Waals surface area contributed by atoms with Gasteiger partial charge in [-0.05, 0) is 19.1 Å². The molecular formula is C11H11ClN4O. The van der Waals surface area contributed by atoms with Crippen molar-refractivity contribution in [1.82, 2.24) is 9.36 Å². The van der Waals surface area contributed by atoms with Gasteiger partial charge < -0.3 is 0 Å². The van der Waals surface area contributed by atoms with E-state index in [-0.39, 0.29) is 11.2 Å². The van der Waals surface area contributed by atoms with Crippen molar-refractivity contribution in [3.8, 4) is 5.69 Å². The molecule has 0 saturated carbocycles. The second-order valence-corrected chi connectivity index (χ2v) is 3.74. The quantitative estimate of drug-likeness (QED) is 0.756. The lowest BCUT2D eigenvalue weighted by Crippen LogP contribution is -2.19. The highest BCUT2D eigenvalue weighted by molar-refractivity contribution is 6.14. The minimum atomic E-state index is -0.236. The molecule has 5 nitrogen and oxygen atoms in total. The lowest BCUT2D eigenvalue weighted by Gasteiger charge is -2.07. The molecule has 1 aromatic heterocycles. The molecule has 2 aromatic rings. The Morgan fingerprint density at radius 3 is 2.47 bits per heavy atom. The normalized spacial score (nSPS) is 11.2. The predicted octanol–water partition coefficient (Wildman–Crippen LogP) is 2.72. The van der Waals surface area contributed by atoms with Gasteiger partial charge in [-0.3, -0.25) is 9.48 Å². The van der Waals surface area contributed by atoms with Crippen LogP contribution in [0.5, 0.6) is 0 Å². The summed E-state index contributed by atoms with van der Waals surface area (Å²) in [6.07, 6.45) is 0. The van der Waals surface area contributed by atoms with Crippen molar-refractivity contribution in [1.29, 1.82) is 0 Å². The summed E-state index contributed by atoms with van der Waals surface area (Å²) in [6.45, 7) is 1.79. The highest BCUT2D eigenvalue weighted by atomic mass is 35.5. The largest absolute Gasteiger partial charge is 0.299 e. The molecule has 1 aromatic carbocycles. The van der Waals surface area contributed by atoms with Gasteiger partial charge in [0, 0.05) is 7.05 Å². The molecule has 88 valence electrons. The van der Waals surface area contributed by atoms with Crippen molar-refractivity contribution in [2.45, 2.75) is 6.92 Å². The van der Waals surface area contributed by atoms with Crippen molar-refractivity contribution >= 4 is 17.5 Å². The predicted molar refractivity (Wildman–Crippen MR) is 66.1 cm³/mol. The van der Waals surface area contributed by atoms with Crippen LogP contribution >= 0.6 is 11.8 Å². The summed E-state index contributed by atoms with van der Waals surface area (Å²) >= 11 is 5.19. The average Bonchev–Trinajstić information content (AvgIpc) is 2.55. The van der Waals surface area contributed by atoms with E-state index in [0.29, 0.717) is 5.69 Å². The first kappa shape index (κ1) is 11.6. The maximum absolute atomic E-state index is 12.1. The molecular weight excluding hydrogens is 240 g/mol. The van der Waals surface area contributed by atoms with Crippen molar-refractivity contribution in [2.75, 3.05) is 0 Å². The van der Waals surface area contributed by atoms with Crippen LogP contribution in [0.4, 0.5) is 5.69 Å². The number of nitrogens with zero attached hydrogens (tertiary/aromatic N) is 4. The maximum atomic E-state index is 12.1. The molecule has 0 N–H and O–H groups in total. The van der Waals surface area contributed by atoms with Gasteiger partial charge in [0.2, 0.25) is 0 Å². The van der Waals surface area contributed by atoms with E-state index in [0.717, 1.165) is 5.69 Å². The summed E-state index contributed by atoms with van der Waals surface area (Å²) in [4.78, 5) is 12.1. The zero-order valence-electron chi connectivity index (χ0n) is 9.46. The van der Waals surface area contributed by atoms with E-state index in [1.165, 1.54) is 4.68 Å². The molecule has 0 radical (unpaired) electrons. The Hall–Kier alpha value is -1.88. The maximum Gasteiger partial charge on any atom is 0.299 e. The molecule has 0 bridgehead atoms. The molecule has 0 spiro atoms. The van der Waals surface area contributed by atoms with Gasteiger partial charge in [0.15, 0.2) is 5.69 Å². The van der Waals surface area contributed by atoms with Crippen LogP contribution < -0.4 is 5.56 Å². The van der Waals surface area contributed by atoms with Crippen LogP contribution in [0.2, 0.25) is 0 Å². The van der Waals surface area contributed by atoms with Crippen molar-refractivity contribution < 1.29 is 0 Å². The third-order valence-corrected chi connectivity index (χ3v) is 2.74. The Morgan fingerprint density at radius 1 is 1.24 bits per heavy atom. The van der Waals surface area contributed by atoms with Crippen molar-refractivity contribution in [3.63, 3.8) is 0 Å². The molecule has 17 heavy (non-hydrogen) atoms. The monoisotopic (exact) mass is 250 g/mol. The molecule has 1 heterocycles. The van der Waals surface area contributed by atoms with Crippen LogP contribution in [-0.4, -0.2) is 9.36 Å². The number of rotatable bonds is 2. The highest BCUT2D eigenvalue weighted by Crippen LogP contribution is 2.16. The van der Waals surface area contributed by atoms with Crippen LogP contribution in [0.1, 0.15) is 5.69 Å². The molecule has 0 aliphatic carbocycles. The average molecular weight is 251 g/mol. The number of halogens is 1. The van der Waals surface area contributed by atoms with Gasteiger partial charge >= 0.3 is 0 Å². The Balaban J connectivity index is 2.73. The molecule has 0 atom stereocenters. The molecule has 0 aliphatic heterocycles. The summed E-state index contributed by atoms with van der Waals surface area (Å²) in [6, 6.07) is 9.33. The van der Waals surface area contributed by atoms with Gasteiger partial charge in [0.25, 0.3) is 5.56 Å². The number of benzene rings is 1. The molecule has 2 rings (SSSR count). The first-order chi connectivity index (χ1) is 8.16. The van der Waals surface area contributed by atoms with Gasteiger partial charge in [0.1, 0.15) is 0 Å². The Morgan fingerprint density at radius 2 is 1.88 bits per heavy atom. The minimum Gasteiger partial charge on any atom is -0.283 e. The van der Waals surface area contributed by atoms with Gasteiger partial charge in [-0.15, -0.1) is 5.11 Å². The van der Waals surface area contributed by atoms with E-state index in [1.807, 2.05) is 30.3 Å². The van der Waals surface area contributed by atoms with Crippen LogP contribution in [0.25, 0.3) is 5.69 Å². The fourth-order valence-electron chi connectivity index (χ4n) is 1.71. The van der Waals surface area contributed by atoms with E-state index in [4.69, 9.17) is 11.8 Å². The van der Waals surface area contributed by atoms with Crippen molar-refractivity contribution in [3.05, 3.63) is 46.4 Å². The molecule has 0 amide bonds. The zero-order valence-corrected chi connectivity index (χ0v) is 10.2. The Labute approximate surface area is 103 Å². The van der Waals surface area contributed by atoms with Crippen LogP contribution in [0.3, 0.4) is 0 Å². The first-order valence-electron chi connectivity index (χ1n) is 5.03. The molecule has 6 heteroatoms.